The normalized spacial score (nSPS) is 23.7. The molecule has 1 N–H and O–H groups in total. The van der Waals surface area contributed by atoms with Gasteiger partial charge in [-0.25, -0.2) is 8.78 Å². The zero-order chi connectivity index (χ0) is 13.8. The average molecular weight is 268 g/mol. The molecular formula is C15H22F2N2. The van der Waals surface area contributed by atoms with Gasteiger partial charge in [0.1, 0.15) is 11.6 Å². The highest BCUT2D eigenvalue weighted by molar-refractivity contribution is 5.49. The number of hydrogen-bond acceptors (Lipinski definition) is 2. The average Bonchev–Trinajstić information content (AvgIpc) is 2.40. The fourth-order valence-corrected chi connectivity index (χ4v) is 2.77. The smallest absolute Gasteiger partial charge is 0.146 e. The molecule has 2 unspecified atom stereocenters. The molecule has 2 rings (SSSR count). The van der Waals surface area contributed by atoms with Crippen molar-refractivity contribution in [3.8, 4) is 0 Å². The molecule has 0 spiro atoms. The van der Waals surface area contributed by atoms with Crippen LogP contribution in [0.2, 0.25) is 0 Å². The Kier molecular flexibility index (Phi) is 4.75. The molecule has 19 heavy (non-hydrogen) atoms. The molecule has 1 saturated heterocycles. The Bertz CT molecular complexity index is 423. The summed E-state index contributed by atoms with van der Waals surface area (Å²) in [5, 5.41) is 3.51. The van der Waals surface area contributed by atoms with E-state index < -0.39 is 0 Å². The zero-order valence-corrected chi connectivity index (χ0v) is 11.6. The maximum Gasteiger partial charge on any atom is 0.146 e. The maximum atomic E-state index is 13.8. The second kappa shape index (κ2) is 6.33. The molecule has 106 valence electrons. The van der Waals surface area contributed by atoms with Crippen molar-refractivity contribution in [3.63, 3.8) is 0 Å². The first-order valence-corrected chi connectivity index (χ1v) is 7.07. The number of nitrogens with zero attached hydrogens (tertiary/aromatic N) is 1. The topological polar surface area (TPSA) is 15.3 Å². The fourth-order valence-electron chi connectivity index (χ4n) is 2.77. The van der Waals surface area contributed by atoms with E-state index >= 15 is 0 Å². The second-order valence-electron chi connectivity index (χ2n) is 5.31. The minimum Gasteiger partial charge on any atom is -0.366 e. The largest absolute Gasteiger partial charge is 0.366 e. The lowest BCUT2D eigenvalue weighted by atomic mass is 9.97. The van der Waals surface area contributed by atoms with Gasteiger partial charge in [-0.1, -0.05) is 6.92 Å². The molecule has 1 aromatic rings. The Hall–Kier alpha value is -1.16. The van der Waals surface area contributed by atoms with Gasteiger partial charge in [0.15, 0.2) is 0 Å². The van der Waals surface area contributed by atoms with Crippen LogP contribution in [-0.2, 0) is 0 Å². The molecule has 4 heteroatoms. The highest BCUT2D eigenvalue weighted by Gasteiger charge is 2.26. The molecule has 1 aliphatic rings. The molecule has 0 radical (unpaired) electrons. The van der Waals surface area contributed by atoms with Crippen LogP contribution in [0.1, 0.15) is 33.1 Å². The van der Waals surface area contributed by atoms with Gasteiger partial charge in [-0.15, -0.1) is 0 Å². The number of piperidine rings is 1. The van der Waals surface area contributed by atoms with E-state index in [-0.39, 0.29) is 17.7 Å². The zero-order valence-electron chi connectivity index (χ0n) is 11.6. The summed E-state index contributed by atoms with van der Waals surface area (Å²) < 4.78 is 27.1. The van der Waals surface area contributed by atoms with Gasteiger partial charge in [0.25, 0.3) is 0 Å². The molecule has 2 atom stereocenters. The maximum absolute atomic E-state index is 13.8. The summed E-state index contributed by atoms with van der Waals surface area (Å²) >= 11 is 0. The van der Waals surface area contributed by atoms with Gasteiger partial charge in [-0.05, 0) is 44.9 Å². The van der Waals surface area contributed by atoms with Crippen molar-refractivity contribution in [2.45, 2.75) is 45.2 Å². The van der Waals surface area contributed by atoms with Crippen molar-refractivity contribution in [1.29, 1.82) is 0 Å². The lowest BCUT2D eigenvalue weighted by Gasteiger charge is -2.39. The second-order valence-corrected chi connectivity index (χ2v) is 5.31. The van der Waals surface area contributed by atoms with Crippen molar-refractivity contribution in [1.82, 2.24) is 5.32 Å². The summed E-state index contributed by atoms with van der Waals surface area (Å²) in [5.41, 5.74) is 0.390. The van der Waals surface area contributed by atoms with Crippen molar-refractivity contribution >= 4 is 5.69 Å². The lowest BCUT2D eigenvalue weighted by Crippen LogP contribution is -2.48. The molecule has 1 aliphatic heterocycles. The highest BCUT2D eigenvalue weighted by Crippen LogP contribution is 2.27. The van der Waals surface area contributed by atoms with Gasteiger partial charge in [0.05, 0.1) is 5.69 Å². The number of rotatable bonds is 4. The van der Waals surface area contributed by atoms with Crippen LogP contribution >= 0.6 is 0 Å². The van der Waals surface area contributed by atoms with Gasteiger partial charge < -0.3 is 10.2 Å². The summed E-state index contributed by atoms with van der Waals surface area (Å²) in [6.07, 6.45) is 3.06. The van der Waals surface area contributed by atoms with Crippen LogP contribution in [-0.4, -0.2) is 25.2 Å². The van der Waals surface area contributed by atoms with E-state index in [9.17, 15) is 8.78 Å². The monoisotopic (exact) mass is 268 g/mol. The Balaban J connectivity index is 2.05. The quantitative estimate of drug-likeness (QED) is 0.901. The number of halogens is 2. The van der Waals surface area contributed by atoms with Crippen molar-refractivity contribution in [2.75, 3.05) is 18.0 Å². The van der Waals surface area contributed by atoms with Crippen LogP contribution in [0.25, 0.3) is 0 Å². The minimum atomic E-state index is -0.380. The van der Waals surface area contributed by atoms with Gasteiger partial charge in [0.2, 0.25) is 0 Å². The van der Waals surface area contributed by atoms with Crippen molar-refractivity contribution in [2.24, 2.45) is 0 Å². The van der Waals surface area contributed by atoms with E-state index in [4.69, 9.17) is 0 Å². The van der Waals surface area contributed by atoms with Crippen LogP contribution in [0.5, 0.6) is 0 Å². The number of anilines is 1. The fraction of sp³-hybridized carbons (Fsp3) is 0.600. The van der Waals surface area contributed by atoms with Crippen LogP contribution in [0, 0.1) is 11.6 Å². The van der Waals surface area contributed by atoms with Crippen LogP contribution < -0.4 is 10.2 Å². The van der Waals surface area contributed by atoms with Gasteiger partial charge in [-0.2, -0.15) is 0 Å². The van der Waals surface area contributed by atoms with E-state index in [0.29, 0.717) is 11.7 Å². The molecule has 0 amide bonds. The van der Waals surface area contributed by atoms with Gasteiger partial charge in [-0.3, -0.25) is 0 Å². The third-order valence-corrected chi connectivity index (χ3v) is 3.78. The van der Waals surface area contributed by atoms with Gasteiger partial charge in [0, 0.05) is 24.7 Å². The molecule has 0 aliphatic carbocycles. The van der Waals surface area contributed by atoms with Gasteiger partial charge >= 0.3 is 0 Å². The lowest BCUT2D eigenvalue weighted by molar-refractivity contribution is 0.366. The van der Waals surface area contributed by atoms with Crippen molar-refractivity contribution < 1.29 is 8.78 Å². The molecular weight excluding hydrogens is 246 g/mol. The Morgan fingerprint density at radius 1 is 1.37 bits per heavy atom. The van der Waals surface area contributed by atoms with E-state index in [1.807, 2.05) is 4.90 Å². The molecule has 2 nitrogen and oxygen atoms in total. The summed E-state index contributed by atoms with van der Waals surface area (Å²) in [5.74, 6) is -0.719. The minimum absolute atomic E-state index is 0.222. The SMILES string of the molecule is CCCNC1CCN(c2cc(F)ccc2F)C(C)C1. The standard InChI is InChI=1S/C15H22F2N2/c1-3-7-18-13-6-8-19(11(2)9-13)15-10-12(16)4-5-14(15)17/h4-5,10-11,13,18H,3,6-9H2,1-2H3. The Morgan fingerprint density at radius 2 is 2.16 bits per heavy atom. The van der Waals surface area contributed by atoms with E-state index in [0.717, 1.165) is 32.4 Å². The molecule has 0 aromatic heterocycles. The molecule has 0 saturated carbocycles. The predicted octanol–water partition coefficient (Wildman–Crippen LogP) is 3.32. The molecule has 0 bridgehead atoms. The van der Waals surface area contributed by atoms with E-state index in [2.05, 4.69) is 19.2 Å². The number of nitrogens with one attached hydrogen (secondary N) is 1. The first-order chi connectivity index (χ1) is 9.11. The Morgan fingerprint density at radius 3 is 2.84 bits per heavy atom. The summed E-state index contributed by atoms with van der Waals surface area (Å²) in [4.78, 5) is 1.97. The first-order valence-electron chi connectivity index (χ1n) is 7.07. The van der Waals surface area contributed by atoms with E-state index in [1.165, 1.54) is 18.2 Å². The number of benzene rings is 1. The highest BCUT2D eigenvalue weighted by atomic mass is 19.1. The Labute approximate surface area is 113 Å². The van der Waals surface area contributed by atoms with E-state index in [1.54, 1.807) is 0 Å². The third-order valence-electron chi connectivity index (χ3n) is 3.78. The summed E-state index contributed by atoms with van der Waals surface area (Å²) in [6.45, 7) is 6.01. The van der Waals surface area contributed by atoms with Crippen LogP contribution in [0.3, 0.4) is 0 Å². The summed E-state index contributed by atoms with van der Waals surface area (Å²) in [6, 6.07) is 4.38. The number of hydrogen-bond donors (Lipinski definition) is 1. The third kappa shape index (κ3) is 3.44. The molecule has 1 heterocycles. The predicted molar refractivity (Wildman–Crippen MR) is 74.5 cm³/mol. The van der Waals surface area contributed by atoms with Crippen LogP contribution in [0.4, 0.5) is 14.5 Å². The van der Waals surface area contributed by atoms with Crippen molar-refractivity contribution in [3.05, 3.63) is 29.8 Å². The molecule has 1 aromatic carbocycles. The summed E-state index contributed by atoms with van der Waals surface area (Å²) in [7, 11) is 0. The van der Waals surface area contributed by atoms with Crippen LogP contribution in [0.15, 0.2) is 18.2 Å². The molecule has 1 fully saturated rings. The first kappa shape index (κ1) is 14.3.